The molecule has 0 radical (unpaired) electrons. The highest BCUT2D eigenvalue weighted by molar-refractivity contribution is 6.01. The van der Waals surface area contributed by atoms with Crippen molar-refractivity contribution in [3.63, 3.8) is 0 Å². The lowest BCUT2D eigenvalue weighted by Gasteiger charge is -2.14. The lowest BCUT2D eigenvalue weighted by molar-refractivity contribution is 0.100. The van der Waals surface area contributed by atoms with E-state index in [1.807, 2.05) is 43.3 Å². The summed E-state index contributed by atoms with van der Waals surface area (Å²) in [6.07, 6.45) is 3.40. The van der Waals surface area contributed by atoms with Crippen LogP contribution in [-0.2, 0) is 0 Å². The molecule has 0 aliphatic carbocycles. The maximum absolute atomic E-state index is 11.8. The van der Waals surface area contributed by atoms with Crippen LogP contribution < -0.4 is 15.8 Å². The fourth-order valence-corrected chi connectivity index (χ4v) is 3.02. The molecule has 0 aliphatic rings. The van der Waals surface area contributed by atoms with E-state index < -0.39 is 5.91 Å². The minimum absolute atomic E-state index is 0.378. The Labute approximate surface area is 167 Å². The number of amides is 1. The molecular weight excluding hydrogens is 366 g/mol. The first-order valence-corrected chi connectivity index (χ1v) is 9.16. The second-order valence-electron chi connectivity index (χ2n) is 6.28. The summed E-state index contributed by atoms with van der Waals surface area (Å²) in [5.41, 5.74) is 8.00. The van der Waals surface area contributed by atoms with Crippen molar-refractivity contribution in [2.24, 2.45) is 5.73 Å². The molecule has 2 aromatic heterocycles. The standard InChI is InChI=1S/C22H19N5O2/c1-2-29-15-9-10-19-17(12-15)22(26-18-8-4-3-7-16(18)20(23)28)27-21(25-19)14-6-5-11-24-13-14/h3-13H,2H2,1H3,(H2,23,28)(H,25,26,27). The first-order chi connectivity index (χ1) is 14.2. The molecule has 0 saturated carbocycles. The second kappa shape index (κ2) is 7.93. The van der Waals surface area contributed by atoms with Crippen LogP contribution in [0.4, 0.5) is 11.5 Å². The van der Waals surface area contributed by atoms with Crippen molar-refractivity contribution in [1.82, 2.24) is 15.0 Å². The molecule has 144 valence electrons. The Kier molecular flexibility index (Phi) is 5.03. The van der Waals surface area contributed by atoms with Gasteiger partial charge >= 0.3 is 0 Å². The minimum atomic E-state index is -0.519. The predicted molar refractivity (Wildman–Crippen MR) is 112 cm³/mol. The number of nitrogens with one attached hydrogen (secondary N) is 1. The summed E-state index contributed by atoms with van der Waals surface area (Å²) < 4.78 is 5.63. The van der Waals surface area contributed by atoms with Crippen LogP contribution in [0.5, 0.6) is 5.75 Å². The minimum Gasteiger partial charge on any atom is -0.494 e. The number of fused-ring (bicyclic) bond motifs is 1. The zero-order chi connectivity index (χ0) is 20.2. The number of para-hydroxylation sites is 1. The highest BCUT2D eigenvalue weighted by Gasteiger charge is 2.14. The number of hydrogen-bond donors (Lipinski definition) is 2. The van der Waals surface area contributed by atoms with Crippen LogP contribution in [0.15, 0.2) is 67.0 Å². The average molecular weight is 385 g/mol. The number of anilines is 2. The van der Waals surface area contributed by atoms with Gasteiger partial charge in [-0.3, -0.25) is 9.78 Å². The predicted octanol–water partition coefficient (Wildman–Crippen LogP) is 3.93. The SMILES string of the molecule is CCOc1ccc2nc(-c3cccnc3)nc(Nc3ccccc3C(N)=O)c2c1. The molecule has 0 aliphatic heterocycles. The summed E-state index contributed by atoms with van der Waals surface area (Å²) in [7, 11) is 0. The molecule has 0 bridgehead atoms. The van der Waals surface area contributed by atoms with Gasteiger partial charge in [0.1, 0.15) is 11.6 Å². The quantitative estimate of drug-likeness (QED) is 0.521. The van der Waals surface area contributed by atoms with E-state index in [-0.39, 0.29) is 0 Å². The van der Waals surface area contributed by atoms with Crippen LogP contribution >= 0.6 is 0 Å². The number of pyridine rings is 1. The van der Waals surface area contributed by atoms with Crippen LogP contribution in [0.25, 0.3) is 22.3 Å². The maximum Gasteiger partial charge on any atom is 0.250 e. The highest BCUT2D eigenvalue weighted by Crippen LogP contribution is 2.31. The van der Waals surface area contributed by atoms with E-state index in [4.69, 9.17) is 15.5 Å². The molecule has 0 spiro atoms. The molecule has 0 unspecified atom stereocenters. The first kappa shape index (κ1) is 18.4. The van der Waals surface area contributed by atoms with Crippen LogP contribution in [0.1, 0.15) is 17.3 Å². The van der Waals surface area contributed by atoms with Crippen LogP contribution in [0.2, 0.25) is 0 Å². The van der Waals surface area contributed by atoms with Gasteiger partial charge in [-0.2, -0.15) is 0 Å². The van der Waals surface area contributed by atoms with Crippen molar-refractivity contribution in [3.05, 3.63) is 72.6 Å². The number of hydrogen-bond acceptors (Lipinski definition) is 6. The van der Waals surface area contributed by atoms with E-state index >= 15 is 0 Å². The number of benzene rings is 2. The number of carbonyl (C=O) groups excluding carboxylic acids is 1. The number of carbonyl (C=O) groups is 1. The summed E-state index contributed by atoms with van der Waals surface area (Å²) in [5.74, 6) is 1.26. The van der Waals surface area contributed by atoms with Gasteiger partial charge in [-0.15, -0.1) is 0 Å². The Hall–Kier alpha value is -4.00. The van der Waals surface area contributed by atoms with Crippen molar-refractivity contribution in [3.8, 4) is 17.1 Å². The number of primary amides is 1. The Morgan fingerprint density at radius 3 is 2.72 bits per heavy atom. The van der Waals surface area contributed by atoms with Gasteiger partial charge in [0.15, 0.2) is 5.82 Å². The molecule has 0 saturated heterocycles. The van der Waals surface area contributed by atoms with Gasteiger partial charge in [-0.25, -0.2) is 9.97 Å². The van der Waals surface area contributed by atoms with E-state index in [1.54, 1.807) is 30.6 Å². The molecule has 4 rings (SSSR count). The first-order valence-electron chi connectivity index (χ1n) is 9.16. The summed E-state index contributed by atoms with van der Waals surface area (Å²) in [5, 5.41) is 4.01. The van der Waals surface area contributed by atoms with Crippen molar-refractivity contribution in [2.75, 3.05) is 11.9 Å². The molecule has 29 heavy (non-hydrogen) atoms. The Morgan fingerprint density at radius 1 is 1.10 bits per heavy atom. The summed E-state index contributed by atoms with van der Waals surface area (Å²) in [4.78, 5) is 25.3. The summed E-state index contributed by atoms with van der Waals surface area (Å²) in [6, 6.07) is 16.4. The largest absolute Gasteiger partial charge is 0.494 e. The summed E-state index contributed by atoms with van der Waals surface area (Å²) in [6.45, 7) is 2.47. The lowest BCUT2D eigenvalue weighted by atomic mass is 10.1. The van der Waals surface area contributed by atoms with Crippen LogP contribution in [-0.4, -0.2) is 27.5 Å². The maximum atomic E-state index is 11.8. The van der Waals surface area contributed by atoms with Crippen molar-refractivity contribution in [1.29, 1.82) is 0 Å². The molecular formula is C22H19N5O2. The summed E-state index contributed by atoms with van der Waals surface area (Å²) >= 11 is 0. The third-order valence-corrected chi connectivity index (χ3v) is 4.34. The number of aromatic nitrogens is 3. The van der Waals surface area contributed by atoms with Crippen molar-refractivity contribution in [2.45, 2.75) is 6.92 Å². The highest BCUT2D eigenvalue weighted by atomic mass is 16.5. The van der Waals surface area contributed by atoms with E-state index in [9.17, 15) is 4.79 Å². The van der Waals surface area contributed by atoms with Crippen LogP contribution in [0, 0.1) is 0 Å². The third kappa shape index (κ3) is 3.84. The molecule has 4 aromatic rings. The Morgan fingerprint density at radius 2 is 1.97 bits per heavy atom. The topological polar surface area (TPSA) is 103 Å². The lowest BCUT2D eigenvalue weighted by Crippen LogP contribution is -2.13. The average Bonchev–Trinajstić information content (AvgIpc) is 2.75. The fraction of sp³-hybridized carbons (Fsp3) is 0.0909. The molecule has 3 N–H and O–H groups in total. The second-order valence-corrected chi connectivity index (χ2v) is 6.28. The molecule has 1 amide bonds. The van der Waals surface area contributed by atoms with E-state index in [2.05, 4.69) is 15.3 Å². The number of nitrogens with zero attached hydrogens (tertiary/aromatic N) is 3. The molecule has 0 atom stereocenters. The van der Waals surface area contributed by atoms with E-state index in [0.717, 1.165) is 16.5 Å². The zero-order valence-corrected chi connectivity index (χ0v) is 15.8. The molecule has 7 nitrogen and oxygen atoms in total. The molecule has 2 aromatic carbocycles. The normalized spacial score (nSPS) is 10.7. The Balaban J connectivity index is 1.89. The fourth-order valence-electron chi connectivity index (χ4n) is 3.02. The van der Waals surface area contributed by atoms with Gasteiger partial charge in [-0.1, -0.05) is 12.1 Å². The molecule has 2 heterocycles. The van der Waals surface area contributed by atoms with Gasteiger partial charge < -0.3 is 15.8 Å². The van der Waals surface area contributed by atoms with Gasteiger partial charge in [0, 0.05) is 23.3 Å². The smallest absolute Gasteiger partial charge is 0.250 e. The molecule has 7 heteroatoms. The van der Waals surface area contributed by atoms with Gasteiger partial charge in [0.2, 0.25) is 0 Å². The van der Waals surface area contributed by atoms with E-state index in [1.165, 1.54) is 0 Å². The molecule has 0 fully saturated rings. The van der Waals surface area contributed by atoms with E-state index in [0.29, 0.717) is 35.2 Å². The van der Waals surface area contributed by atoms with Gasteiger partial charge in [0.25, 0.3) is 5.91 Å². The number of ether oxygens (including phenoxy) is 1. The van der Waals surface area contributed by atoms with Gasteiger partial charge in [-0.05, 0) is 49.4 Å². The Bertz CT molecular complexity index is 1180. The monoisotopic (exact) mass is 385 g/mol. The van der Waals surface area contributed by atoms with Crippen molar-refractivity contribution >= 4 is 28.3 Å². The number of rotatable bonds is 6. The van der Waals surface area contributed by atoms with Crippen molar-refractivity contribution < 1.29 is 9.53 Å². The number of nitrogens with two attached hydrogens (primary N) is 1. The third-order valence-electron chi connectivity index (χ3n) is 4.34. The van der Waals surface area contributed by atoms with Crippen LogP contribution in [0.3, 0.4) is 0 Å². The van der Waals surface area contributed by atoms with Gasteiger partial charge in [0.05, 0.1) is 23.4 Å². The zero-order valence-electron chi connectivity index (χ0n) is 15.8.